The fraction of sp³-hybridized carbons (Fsp3) is 0.857. The molecule has 0 aromatic carbocycles. The summed E-state index contributed by atoms with van der Waals surface area (Å²) < 4.78 is 5.18. The molecule has 1 fully saturated rings. The van der Waals surface area contributed by atoms with Gasteiger partial charge in [-0.3, -0.25) is 0 Å². The number of hydrogen-bond donors (Lipinski definition) is 2. The van der Waals surface area contributed by atoms with E-state index in [4.69, 9.17) is 10.1 Å². The summed E-state index contributed by atoms with van der Waals surface area (Å²) in [5.41, 5.74) is 0.397. The summed E-state index contributed by atoms with van der Waals surface area (Å²) in [6, 6.07) is 0. The molecule has 0 aromatic heterocycles. The number of alkyl carbamates (subject to hydrolysis) is 1. The summed E-state index contributed by atoms with van der Waals surface area (Å²) in [6.45, 7) is 8.35. The summed E-state index contributed by atoms with van der Waals surface area (Å²) in [5, 5.41) is 10.7. The van der Waals surface area contributed by atoms with E-state index in [1.165, 1.54) is 6.42 Å². The van der Waals surface area contributed by atoms with E-state index in [2.05, 4.69) is 12.2 Å². The Morgan fingerprint density at radius 3 is 2.72 bits per heavy atom. The van der Waals surface area contributed by atoms with Gasteiger partial charge in [0, 0.05) is 18.2 Å². The molecule has 1 rings (SSSR count). The van der Waals surface area contributed by atoms with Crippen LogP contribution in [0.2, 0.25) is 0 Å². The number of amides is 1. The van der Waals surface area contributed by atoms with Gasteiger partial charge in [0.25, 0.3) is 0 Å². The maximum atomic E-state index is 11.5. The highest BCUT2D eigenvalue weighted by molar-refractivity contribution is 5.84. The molecule has 0 heterocycles. The number of ether oxygens (including phenoxy) is 1. The second kappa shape index (κ2) is 6.21. The van der Waals surface area contributed by atoms with Crippen LogP contribution in [0.1, 0.15) is 53.4 Å². The monoisotopic (exact) mass is 254 g/mol. The van der Waals surface area contributed by atoms with Crippen molar-refractivity contribution >= 4 is 11.8 Å². The molecule has 1 saturated carbocycles. The zero-order valence-corrected chi connectivity index (χ0v) is 12.0. The highest BCUT2D eigenvalue weighted by Gasteiger charge is 2.25. The molecule has 0 saturated heterocycles. The maximum absolute atomic E-state index is 11.5. The summed E-state index contributed by atoms with van der Waals surface area (Å²) in [4.78, 5) is 11.5. The van der Waals surface area contributed by atoms with E-state index in [0.29, 0.717) is 18.4 Å². The van der Waals surface area contributed by atoms with Gasteiger partial charge in [0.15, 0.2) is 0 Å². The summed E-state index contributed by atoms with van der Waals surface area (Å²) in [7, 11) is 0. The van der Waals surface area contributed by atoms with E-state index in [0.717, 1.165) is 25.0 Å². The molecular weight excluding hydrogens is 228 g/mol. The van der Waals surface area contributed by atoms with Crippen molar-refractivity contribution in [2.75, 3.05) is 6.54 Å². The molecule has 4 nitrogen and oxygen atoms in total. The number of hydrogen-bond acceptors (Lipinski definition) is 3. The third-order valence-electron chi connectivity index (χ3n) is 3.36. The average Bonchev–Trinajstić information content (AvgIpc) is 2.19. The molecule has 1 aliphatic rings. The SMILES string of the molecule is C[C@@H]1CCCC(=N)[C@@H]1CCNC(=O)OC(C)(C)C. The van der Waals surface area contributed by atoms with Crippen LogP contribution in [0.3, 0.4) is 0 Å². The van der Waals surface area contributed by atoms with Gasteiger partial charge in [0.1, 0.15) is 5.60 Å². The minimum absolute atomic E-state index is 0.327. The van der Waals surface area contributed by atoms with E-state index < -0.39 is 5.60 Å². The zero-order chi connectivity index (χ0) is 13.8. The van der Waals surface area contributed by atoms with Gasteiger partial charge in [-0.1, -0.05) is 6.92 Å². The summed E-state index contributed by atoms with van der Waals surface area (Å²) in [5.74, 6) is 0.889. The van der Waals surface area contributed by atoms with E-state index in [-0.39, 0.29) is 6.09 Å². The number of nitrogens with one attached hydrogen (secondary N) is 2. The predicted octanol–water partition coefficient (Wildman–Crippen LogP) is 3.36. The fourth-order valence-electron chi connectivity index (χ4n) is 2.45. The van der Waals surface area contributed by atoms with Crippen LogP contribution in [0.5, 0.6) is 0 Å². The molecule has 0 aromatic rings. The first-order valence-electron chi connectivity index (χ1n) is 6.84. The Labute approximate surface area is 110 Å². The van der Waals surface area contributed by atoms with Crippen LogP contribution < -0.4 is 5.32 Å². The topological polar surface area (TPSA) is 62.2 Å². The highest BCUT2D eigenvalue weighted by Crippen LogP contribution is 2.29. The van der Waals surface area contributed by atoms with Crippen molar-refractivity contribution in [1.82, 2.24) is 5.32 Å². The lowest BCUT2D eigenvalue weighted by Gasteiger charge is -2.29. The number of carbonyl (C=O) groups excluding carboxylic acids is 1. The predicted molar refractivity (Wildman–Crippen MR) is 73.1 cm³/mol. The maximum Gasteiger partial charge on any atom is 0.407 e. The smallest absolute Gasteiger partial charge is 0.407 e. The summed E-state index contributed by atoms with van der Waals surface area (Å²) in [6.07, 6.45) is 3.73. The Morgan fingerprint density at radius 1 is 1.50 bits per heavy atom. The Kier molecular flexibility index (Phi) is 5.17. The first-order chi connectivity index (χ1) is 8.29. The molecule has 1 aliphatic carbocycles. The van der Waals surface area contributed by atoms with Crippen molar-refractivity contribution in [2.45, 2.75) is 59.0 Å². The molecule has 0 radical (unpaired) electrons. The van der Waals surface area contributed by atoms with Gasteiger partial charge in [-0.15, -0.1) is 0 Å². The Bertz CT molecular complexity index is 307. The van der Waals surface area contributed by atoms with Gasteiger partial charge in [0.05, 0.1) is 0 Å². The number of carbonyl (C=O) groups is 1. The molecule has 2 N–H and O–H groups in total. The minimum atomic E-state index is -0.449. The standard InChI is InChI=1S/C14H26N2O2/c1-10-6-5-7-12(15)11(10)8-9-16-13(17)18-14(2,3)4/h10-11,15H,5-9H2,1-4H3,(H,16,17)/t10-,11-/m1/s1. The van der Waals surface area contributed by atoms with E-state index in [9.17, 15) is 4.79 Å². The molecule has 1 amide bonds. The average molecular weight is 254 g/mol. The van der Waals surface area contributed by atoms with Crippen LogP contribution in [-0.4, -0.2) is 24.0 Å². The van der Waals surface area contributed by atoms with Crippen molar-refractivity contribution in [3.63, 3.8) is 0 Å². The lowest BCUT2D eigenvalue weighted by molar-refractivity contribution is 0.0524. The van der Waals surface area contributed by atoms with Crippen LogP contribution in [0, 0.1) is 17.2 Å². The summed E-state index contributed by atoms with van der Waals surface area (Å²) >= 11 is 0. The quantitative estimate of drug-likeness (QED) is 0.811. The molecule has 18 heavy (non-hydrogen) atoms. The Hall–Kier alpha value is -1.06. The van der Waals surface area contributed by atoms with Crippen molar-refractivity contribution in [1.29, 1.82) is 5.41 Å². The van der Waals surface area contributed by atoms with Crippen LogP contribution in [0.25, 0.3) is 0 Å². The van der Waals surface area contributed by atoms with E-state index in [1.807, 2.05) is 20.8 Å². The van der Waals surface area contributed by atoms with Crippen molar-refractivity contribution in [2.24, 2.45) is 11.8 Å². The molecule has 0 aliphatic heterocycles. The van der Waals surface area contributed by atoms with Crippen LogP contribution in [0.15, 0.2) is 0 Å². The normalized spacial score (nSPS) is 24.8. The van der Waals surface area contributed by atoms with Crippen molar-refractivity contribution in [3.8, 4) is 0 Å². The van der Waals surface area contributed by atoms with Crippen LogP contribution in [0.4, 0.5) is 4.79 Å². The molecular formula is C14H26N2O2. The van der Waals surface area contributed by atoms with Crippen molar-refractivity contribution in [3.05, 3.63) is 0 Å². The minimum Gasteiger partial charge on any atom is -0.444 e. The lowest BCUT2D eigenvalue weighted by atomic mass is 9.77. The van der Waals surface area contributed by atoms with Gasteiger partial charge in [-0.05, 0) is 52.4 Å². The van der Waals surface area contributed by atoms with Gasteiger partial charge in [-0.2, -0.15) is 0 Å². The molecule has 104 valence electrons. The molecule has 0 unspecified atom stereocenters. The van der Waals surface area contributed by atoms with Crippen LogP contribution in [-0.2, 0) is 4.74 Å². The highest BCUT2D eigenvalue weighted by atomic mass is 16.6. The largest absolute Gasteiger partial charge is 0.444 e. The Balaban J connectivity index is 2.28. The molecule has 2 atom stereocenters. The van der Waals surface area contributed by atoms with Gasteiger partial charge < -0.3 is 15.5 Å². The first kappa shape index (κ1) is 15.0. The third-order valence-corrected chi connectivity index (χ3v) is 3.36. The lowest BCUT2D eigenvalue weighted by Crippen LogP contribution is -2.35. The Morgan fingerprint density at radius 2 is 2.17 bits per heavy atom. The zero-order valence-electron chi connectivity index (χ0n) is 12.0. The second-order valence-corrected chi connectivity index (χ2v) is 6.22. The van der Waals surface area contributed by atoms with E-state index >= 15 is 0 Å². The van der Waals surface area contributed by atoms with E-state index in [1.54, 1.807) is 0 Å². The van der Waals surface area contributed by atoms with Gasteiger partial charge in [-0.25, -0.2) is 4.79 Å². The first-order valence-corrected chi connectivity index (χ1v) is 6.84. The third kappa shape index (κ3) is 5.07. The molecule has 4 heteroatoms. The van der Waals surface area contributed by atoms with Gasteiger partial charge in [0.2, 0.25) is 0 Å². The van der Waals surface area contributed by atoms with Crippen LogP contribution >= 0.6 is 0 Å². The number of rotatable bonds is 3. The van der Waals surface area contributed by atoms with Crippen molar-refractivity contribution < 1.29 is 9.53 Å². The second-order valence-electron chi connectivity index (χ2n) is 6.22. The molecule has 0 spiro atoms. The molecule has 0 bridgehead atoms. The van der Waals surface area contributed by atoms with Gasteiger partial charge >= 0.3 is 6.09 Å². The fourth-order valence-corrected chi connectivity index (χ4v) is 2.45.